The van der Waals surface area contributed by atoms with E-state index in [9.17, 15) is 4.79 Å². The van der Waals surface area contributed by atoms with Gasteiger partial charge in [0.1, 0.15) is 0 Å². The Balaban J connectivity index is 2.16. The number of carbonyl (C=O) groups is 1. The summed E-state index contributed by atoms with van der Waals surface area (Å²) >= 11 is 0. The summed E-state index contributed by atoms with van der Waals surface area (Å²) in [6.07, 6.45) is 3.33. The Morgan fingerprint density at radius 2 is 2.43 bits per heavy atom. The first kappa shape index (κ1) is 9.34. The lowest BCUT2D eigenvalue weighted by Crippen LogP contribution is -2.21. The number of nitrogens with one attached hydrogen (secondary N) is 1. The minimum atomic E-state index is 0.124. The Morgan fingerprint density at radius 3 is 3.00 bits per heavy atom. The Hall–Kier alpha value is -1.22. The third kappa shape index (κ3) is 1.68. The van der Waals surface area contributed by atoms with Crippen LogP contribution in [0.5, 0.6) is 0 Å². The molecule has 0 spiro atoms. The van der Waals surface area contributed by atoms with Crippen LogP contribution in [-0.4, -0.2) is 23.9 Å². The van der Waals surface area contributed by atoms with Gasteiger partial charge in [0.15, 0.2) is 5.78 Å². The van der Waals surface area contributed by atoms with Gasteiger partial charge in [-0.2, -0.15) is 0 Å². The molecule has 2 atom stereocenters. The molecule has 0 bridgehead atoms. The molecule has 0 aromatic carbocycles. The minimum absolute atomic E-state index is 0.124. The van der Waals surface area contributed by atoms with Crippen molar-refractivity contribution in [1.29, 1.82) is 0 Å². The van der Waals surface area contributed by atoms with Crippen LogP contribution in [-0.2, 0) is 0 Å². The first-order valence-electron chi connectivity index (χ1n) is 4.94. The number of carbonyl (C=O) groups excluding carboxylic acids is 1. The van der Waals surface area contributed by atoms with Gasteiger partial charge in [0.05, 0.1) is 0 Å². The van der Waals surface area contributed by atoms with Gasteiger partial charge in [-0.05, 0) is 24.6 Å². The van der Waals surface area contributed by atoms with Crippen LogP contribution in [0.15, 0.2) is 24.5 Å². The second-order valence-electron chi connectivity index (χ2n) is 3.85. The van der Waals surface area contributed by atoms with E-state index in [-0.39, 0.29) is 11.7 Å². The predicted octanol–water partition coefficient (Wildman–Crippen LogP) is 1.12. The zero-order valence-electron chi connectivity index (χ0n) is 8.23. The van der Waals surface area contributed by atoms with Crippen molar-refractivity contribution in [3.8, 4) is 0 Å². The van der Waals surface area contributed by atoms with Crippen LogP contribution in [0.25, 0.3) is 0 Å². The molecule has 0 amide bonds. The molecule has 14 heavy (non-hydrogen) atoms. The number of hydrogen-bond acceptors (Lipinski definition) is 3. The minimum Gasteiger partial charge on any atom is -0.316 e. The first-order valence-corrected chi connectivity index (χ1v) is 4.94. The summed E-state index contributed by atoms with van der Waals surface area (Å²) in [5.41, 5.74) is 0.730. The average molecular weight is 190 g/mol. The van der Waals surface area contributed by atoms with Crippen LogP contribution in [0, 0.1) is 11.8 Å². The summed E-state index contributed by atoms with van der Waals surface area (Å²) in [6, 6.07) is 3.64. The van der Waals surface area contributed by atoms with Gasteiger partial charge in [0.2, 0.25) is 0 Å². The molecular formula is C11H14N2O. The molecule has 0 saturated carbocycles. The van der Waals surface area contributed by atoms with Crippen molar-refractivity contribution in [2.24, 2.45) is 11.8 Å². The van der Waals surface area contributed by atoms with E-state index >= 15 is 0 Å². The molecule has 74 valence electrons. The summed E-state index contributed by atoms with van der Waals surface area (Å²) in [6.45, 7) is 3.85. The molecule has 1 aliphatic rings. The monoisotopic (exact) mass is 190 g/mol. The summed E-state index contributed by atoms with van der Waals surface area (Å²) < 4.78 is 0. The Bertz CT molecular complexity index is 323. The van der Waals surface area contributed by atoms with E-state index in [2.05, 4.69) is 17.2 Å². The molecule has 1 fully saturated rings. The highest BCUT2D eigenvalue weighted by molar-refractivity contribution is 5.98. The van der Waals surface area contributed by atoms with E-state index in [1.165, 1.54) is 0 Å². The van der Waals surface area contributed by atoms with Crippen LogP contribution < -0.4 is 5.32 Å². The summed E-state index contributed by atoms with van der Waals surface area (Å²) in [4.78, 5) is 15.9. The van der Waals surface area contributed by atoms with E-state index in [1.54, 1.807) is 18.5 Å². The third-order valence-electron chi connectivity index (χ3n) is 2.80. The Labute approximate surface area is 83.5 Å². The standard InChI is InChI=1S/C11H14N2O/c1-8-5-13-7-10(8)11(14)9-3-2-4-12-6-9/h2-4,6,8,10,13H,5,7H2,1H3. The van der Waals surface area contributed by atoms with Gasteiger partial charge in [-0.1, -0.05) is 6.92 Å². The molecule has 3 nitrogen and oxygen atoms in total. The van der Waals surface area contributed by atoms with Gasteiger partial charge in [0, 0.05) is 30.4 Å². The van der Waals surface area contributed by atoms with E-state index in [0.29, 0.717) is 5.92 Å². The third-order valence-corrected chi connectivity index (χ3v) is 2.80. The van der Waals surface area contributed by atoms with Gasteiger partial charge in [-0.3, -0.25) is 9.78 Å². The highest BCUT2D eigenvalue weighted by Crippen LogP contribution is 2.20. The SMILES string of the molecule is CC1CNCC1C(=O)c1cccnc1. The summed E-state index contributed by atoms with van der Waals surface area (Å²) in [7, 11) is 0. The first-order chi connectivity index (χ1) is 6.79. The number of nitrogens with zero attached hydrogens (tertiary/aromatic N) is 1. The largest absolute Gasteiger partial charge is 0.316 e. The van der Waals surface area contributed by atoms with Gasteiger partial charge < -0.3 is 5.32 Å². The lowest BCUT2D eigenvalue weighted by Gasteiger charge is -2.11. The van der Waals surface area contributed by atoms with Crippen molar-refractivity contribution < 1.29 is 4.79 Å². The second-order valence-corrected chi connectivity index (χ2v) is 3.85. The fraction of sp³-hybridized carbons (Fsp3) is 0.455. The fourth-order valence-corrected chi connectivity index (χ4v) is 1.88. The van der Waals surface area contributed by atoms with Crippen molar-refractivity contribution in [2.75, 3.05) is 13.1 Å². The zero-order chi connectivity index (χ0) is 9.97. The van der Waals surface area contributed by atoms with Crippen molar-refractivity contribution in [3.05, 3.63) is 30.1 Å². The van der Waals surface area contributed by atoms with E-state index in [0.717, 1.165) is 18.7 Å². The molecule has 1 N–H and O–H groups in total. The number of Topliss-reactive ketones (excluding diaryl/α,β-unsaturated/α-hetero) is 1. The lowest BCUT2D eigenvalue weighted by molar-refractivity contribution is 0.0907. The maximum absolute atomic E-state index is 12.0. The molecule has 1 saturated heterocycles. The van der Waals surface area contributed by atoms with Crippen molar-refractivity contribution in [3.63, 3.8) is 0 Å². The summed E-state index contributed by atoms with van der Waals surface area (Å²) in [5.74, 6) is 0.775. The number of rotatable bonds is 2. The van der Waals surface area contributed by atoms with Gasteiger partial charge in [-0.15, -0.1) is 0 Å². The number of ketones is 1. The predicted molar refractivity (Wildman–Crippen MR) is 54.1 cm³/mol. The number of hydrogen-bond donors (Lipinski definition) is 1. The van der Waals surface area contributed by atoms with Gasteiger partial charge in [-0.25, -0.2) is 0 Å². The topological polar surface area (TPSA) is 42.0 Å². The van der Waals surface area contributed by atoms with E-state index < -0.39 is 0 Å². The molecule has 0 aliphatic carbocycles. The summed E-state index contributed by atoms with van der Waals surface area (Å²) in [5, 5.41) is 3.23. The second kappa shape index (κ2) is 3.88. The van der Waals surface area contributed by atoms with Crippen LogP contribution in [0.1, 0.15) is 17.3 Å². The molecule has 2 unspecified atom stereocenters. The number of pyridine rings is 1. The zero-order valence-corrected chi connectivity index (χ0v) is 8.23. The molecular weight excluding hydrogens is 176 g/mol. The lowest BCUT2D eigenvalue weighted by atomic mass is 9.90. The highest BCUT2D eigenvalue weighted by Gasteiger charge is 2.29. The normalized spacial score (nSPS) is 26.4. The average Bonchev–Trinajstić information content (AvgIpc) is 2.65. The van der Waals surface area contributed by atoms with E-state index in [1.807, 2.05) is 6.07 Å². The van der Waals surface area contributed by atoms with E-state index in [4.69, 9.17) is 0 Å². The molecule has 3 heteroatoms. The number of aromatic nitrogens is 1. The quantitative estimate of drug-likeness (QED) is 0.710. The Kier molecular flexibility index (Phi) is 2.59. The maximum atomic E-state index is 12.0. The van der Waals surface area contributed by atoms with Crippen molar-refractivity contribution in [1.82, 2.24) is 10.3 Å². The molecule has 1 aliphatic heterocycles. The molecule has 2 rings (SSSR count). The molecule has 2 heterocycles. The van der Waals surface area contributed by atoms with Gasteiger partial charge >= 0.3 is 0 Å². The fourth-order valence-electron chi connectivity index (χ4n) is 1.88. The van der Waals surface area contributed by atoms with Crippen LogP contribution in [0.2, 0.25) is 0 Å². The van der Waals surface area contributed by atoms with Crippen LogP contribution >= 0.6 is 0 Å². The van der Waals surface area contributed by atoms with Crippen molar-refractivity contribution >= 4 is 5.78 Å². The molecule has 1 aromatic rings. The van der Waals surface area contributed by atoms with Crippen LogP contribution in [0.4, 0.5) is 0 Å². The van der Waals surface area contributed by atoms with Crippen LogP contribution in [0.3, 0.4) is 0 Å². The van der Waals surface area contributed by atoms with Gasteiger partial charge in [0.25, 0.3) is 0 Å². The smallest absolute Gasteiger partial charge is 0.169 e. The Morgan fingerprint density at radius 1 is 1.57 bits per heavy atom. The van der Waals surface area contributed by atoms with Crippen molar-refractivity contribution in [2.45, 2.75) is 6.92 Å². The maximum Gasteiger partial charge on any atom is 0.169 e. The molecule has 0 radical (unpaired) electrons. The molecule has 1 aromatic heterocycles. The highest BCUT2D eigenvalue weighted by atomic mass is 16.1.